The van der Waals surface area contributed by atoms with Gasteiger partial charge in [0.15, 0.2) is 0 Å². The van der Waals surface area contributed by atoms with Crippen molar-refractivity contribution in [1.29, 1.82) is 0 Å². The van der Waals surface area contributed by atoms with Crippen LogP contribution in [0.5, 0.6) is 0 Å². The summed E-state index contributed by atoms with van der Waals surface area (Å²) < 4.78 is 1.47. The van der Waals surface area contributed by atoms with Crippen molar-refractivity contribution in [3.8, 4) is 0 Å². The number of pyridine rings is 1. The molecular formula is C14H18N4O2. The first-order chi connectivity index (χ1) is 9.49. The Morgan fingerprint density at radius 2 is 2.20 bits per heavy atom. The molecule has 1 atom stereocenters. The normalized spacial score (nSPS) is 12.8. The third-order valence-electron chi connectivity index (χ3n) is 3.10. The molecule has 0 saturated carbocycles. The minimum atomic E-state index is -0.439. The van der Waals surface area contributed by atoms with Crippen LogP contribution in [0.25, 0.3) is 5.65 Å². The number of fused-ring (bicyclic) bond motifs is 1. The summed E-state index contributed by atoms with van der Waals surface area (Å²) in [4.78, 5) is 27.6. The van der Waals surface area contributed by atoms with Crippen molar-refractivity contribution < 1.29 is 4.79 Å². The summed E-state index contributed by atoms with van der Waals surface area (Å²) in [5.41, 5.74) is 6.36. The second-order valence-corrected chi connectivity index (χ2v) is 5.02. The maximum atomic E-state index is 11.9. The van der Waals surface area contributed by atoms with Crippen LogP contribution in [0.1, 0.15) is 19.5 Å². The first-order valence-corrected chi connectivity index (χ1v) is 6.49. The molecule has 0 bridgehead atoms. The summed E-state index contributed by atoms with van der Waals surface area (Å²) in [6.45, 7) is 4.14. The lowest BCUT2D eigenvalue weighted by Crippen LogP contribution is -2.44. The number of hydrogen-bond acceptors (Lipinski definition) is 4. The van der Waals surface area contributed by atoms with Gasteiger partial charge in [-0.1, -0.05) is 19.9 Å². The second-order valence-electron chi connectivity index (χ2n) is 5.02. The summed E-state index contributed by atoms with van der Waals surface area (Å²) in [6, 6.07) is 6.37. The van der Waals surface area contributed by atoms with Crippen molar-refractivity contribution in [1.82, 2.24) is 14.7 Å². The molecule has 20 heavy (non-hydrogen) atoms. The van der Waals surface area contributed by atoms with Gasteiger partial charge in [0.2, 0.25) is 5.91 Å². The van der Waals surface area contributed by atoms with E-state index < -0.39 is 11.9 Å². The molecule has 0 radical (unpaired) electrons. The van der Waals surface area contributed by atoms with Gasteiger partial charge in [-0.05, 0) is 18.1 Å². The number of rotatable bonds is 5. The molecule has 0 aliphatic rings. The van der Waals surface area contributed by atoms with E-state index in [0.29, 0.717) is 17.9 Å². The van der Waals surface area contributed by atoms with E-state index in [1.807, 2.05) is 19.9 Å². The van der Waals surface area contributed by atoms with Gasteiger partial charge in [-0.3, -0.25) is 19.3 Å². The fraction of sp³-hybridized carbons (Fsp3) is 0.357. The zero-order chi connectivity index (χ0) is 14.7. The van der Waals surface area contributed by atoms with Crippen molar-refractivity contribution in [3.05, 3.63) is 46.5 Å². The summed E-state index contributed by atoms with van der Waals surface area (Å²) in [6.07, 6.45) is 1.67. The second kappa shape index (κ2) is 5.83. The Hall–Kier alpha value is -2.21. The maximum absolute atomic E-state index is 11.9. The topological polar surface area (TPSA) is 89.5 Å². The molecule has 0 aliphatic carbocycles. The molecule has 2 aromatic heterocycles. The highest BCUT2D eigenvalue weighted by molar-refractivity contribution is 5.80. The van der Waals surface area contributed by atoms with Gasteiger partial charge >= 0.3 is 0 Å². The number of nitrogens with zero attached hydrogens (tertiary/aromatic N) is 2. The molecule has 6 heteroatoms. The standard InChI is InChI=1S/C14H18N4O2/c1-9(2)13(14(15)20)16-8-10-7-12(19)18-6-4-3-5-11(18)17-10/h3-7,9,13,16H,8H2,1-2H3,(H2,15,20). The van der Waals surface area contributed by atoms with E-state index in [1.54, 1.807) is 18.3 Å². The van der Waals surface area contributed by atoms with E-state index >= 15 is 0 Å². The molecule has 2 aromatic rings. The Morgan fingerprint density at radius 3 is 2.85 bits per heavy atom. The molecule has 2 rings (SSSR count). The third-order valence-corrected chi connectivity index (χ3v) is 3.10. The number of primary amides is 1. The Labute approximate surface area is 116 Å². The van der Waals surface area contributed by atoms with Crippen LogP contribution in [0.2, 0.25) is 0 Å². The van der Waals surface area contributed by atoms with Gasteiger partial charge in [0.05, 0.1) is 11.7 Å². The van der Waals surface area contributed by atoms with Crippen LogP contribution >= 0.6 is 0 Å². The predicted molar refractivity (Wildman–Crippen MR) is 76.1 cm³/mol. The predicted octanol–water partition coefficient (Wildman–Crippen LogP) is 0.294. The molecule has 1 unspecified atom stereocenters. The van der Waals surface area contributed by atoms with E-state index in [0.717, 1.165) is 0 Å². The van der Waals surface area contributed by atoms with Gasteiger partial charge in [0.25, 0.3) is 5.56 Å². The van der Waals surface area contributed by atoms with Crippen LogP contribution in [-0.4, -0.2) is 21.3 Å². The van der Waals surface area contributed by atoms with Crippen LogP contribution in [0, 0.1) is 5.92 Å². The number of amides is 1. The van der Waals surface area contributed by atoms with E-state index in [1.165, 1.54) is 10.5 Å². The van der Waals surface area contributed by atoms with Gasteiger partial charge < -0.3 is 5.73 Å². The minimum Gasteiger partial charge on any atom is -0.368 e. The molecule has 0 saturated heterocycles. The average Bonchev–Trinajstić information content (AvgIpc) is 2.38. The van der Waals surface area contributed by atoms with E-state index in [4.69, 9.17) is 5.73 Å². The summed E-state index contributed by atoms with van der Waals surface area (Å²) in [5, 5.41) is 3.04. The van der Waals surface area contributed by atoms with Crippen LogP contribution < -0.4 is 16.6 Å². The van der Waals surface area contributed by atoms with Crippen molar-refractivity contribution in [2.75, 3.05) is 0 Å². The maximum Gasteiger partial charge on any atom is 0.258 e. The van der Waals surface area contributed by atoms with Gasteiger partial charge in [0.1, 0.15) is 5.65 Å². The molecule has 106 valence electrons. The van der Waals surface area contributed by atoms with Gasteiger partial charge in [-0.15, -0.1) is 0 Å². The number of nitrogens with two attached hydrogens (primary N) is 1. The minimum absolute atomic E-state index is 0.0778. The molecular weight excluding hydrogens is 256 g/mol. The molecule has 0 aromatic carbocycles. The Balaban J connectivity index is 2.22. The number of nitrogens with one attached hydrogen (secondary N) is 1. The Morgan fingerprint density at radius 1 is 1.45 bits per heavy atom. The van der Waals surface area contributed by atoms with Crippen LogP contribution in [0.15, 0.2) is 35.3 Å². The first-order valence-electron chi connectivity index (χ1n) is 6.49. The van der Waals surface area contributed by atoms with Crippen molar-refractivity contribution in [2.45, 2.75) is 26.4 Å². The van der Waals surface area contributed by atoms with Gasteiger partial charge in [0, 0.05) is 18.8 Å². The zero-order valence-electron chi connectivity index (χ0n) is 11.5. The highest BCUT2D eigenvalue weighted by Gasteiger charge is 2.18. The molecule has 0 spiro atoms. The third kappa shape index (κ3) is 3.03. The van der Waals surface area contributed by atoms with Crippen molar-refractivity contribution in [3.63, 3.8) is 0 Å². The summed E-state index contributed by atoms with van der Waals surface area (Å²) >= 11 is 0. The number of carbonyl (C=O) groups excluding carboxylic acids is 1. The highest BCUT2D eigenvalue weighted by Crippen LogP contribution is 2.03. The monoisotopic (exact) mass is 274 g/mol. The van der Waals surface area contributed by atoms with E-state index in [2.05, 4.69) is 10.3 Å². The SMILES string of the molecule is CC(C)C(NCc1cc(=O)n2ccccc2n1)C(N)=O. The van der Waals surface area contributed by atoms with E-state index in [-0.39, 0.29) is 11.5 Å². The molecule has 0 fully saturated rings. The molecule has 1 amide bonds. The van der Waals surface area contributed by atoms with Crippen molar-refractivity contribution >= 4 is 11.6 Å². The highest BCUT2D eigenvalue weighted by atomic mass is 16.1. The molecule has 6 nitrogen and oxygen atoms in total. The lowest BCUT2D eigenvalue weighted by Gasteiger charge is -2.18. The fourth-order valence-electron chi connectivity index (χ4n) is 2.07. The summed E-state index contributed by atoms with van der Waals surface area (Å²) in [7, 11) is 0. The first kappa shape index (κ1) is 14.2. The molecule has 3 N–H and O–H groups in total. The fourth-order valence-corrected chi connectivity index (χ4v) is 2.07. The zero-order valence-corrected chi connectivity index (χ0v) is 11.5. The lowest BCUT2D eigenvalue weighted by molar-refractivity contribution is -0.121. The average molecular weight is 274 g/mol. The number of carbonyl (C=O) groups is 1. The smallest absolute Gasteiger partial charge is 0.258 e. The van der Waals surface area contributed by atoms with Gasteiger partial charge in [-0.25, -0.2) is 4.98 Å². The largest absolute Gasteiger partial charge is 0.368 e. The number of hydrogen-bond donors (Lipinski definition) is 2. The van der Waals surface area contributed by atoms with Gasteiger partial charge in [-0.2, -0.15) is 0 Å². The quantitative estimate of drug-likeness (QED) is 0.820. The van der Waals surface area contributed by atoms with Crippen LogP contribution in [0.4, 0.5) is 0 Å². The number of aromatic nitrogens is 2. The molecule has 2 heterocycles. The Bertz CT molecular complexity index is 678. The van der Waals surface area contributed by atoms with E-state index in [9.17, 15) is 9.59 Å². The molecule has 0 aliphatic heterocycles. The Kier molecular flexibility index (Phi) is 4.14. The van der Waals surface area contributed by atoms with Crippen molar-refractivity contribution in [2.24, 2.45) is 11.7 Å². The summed E-state index contributed by atoms with van der Waals surface area (Å²) in [5.74, 6) is -0.327. The van der Waals surface area contributed by atoms with Crippen LogP contribution in [-0.2, 0) is 11.3 Å². The lowest BCUT2D eigenvalue weighted by atomic mass is 10.0. The van der Waals surface area contributed by atoms with Crippen LogP contribution in [0.3, 0.4) is 0 Å².